The lowest BCUT2D eigenvalue weighted by Crippen LogP contribution is -1.93. The maximum Gasteiger partial charge on any atom is 0.0478 e. The largest absolute Gasteiger partial charge is 0.115 e. The molecule has 18 heavy (non-hydrogen) atoms. The van der Waals surface area contributed by atoms with E-state index in [2.05, 4.69) is 23.7 Å². The number of benzene rings is 2. The van der Waals surface area contributed by atoms with Gasteiger partial charge in [-0.05, 0) is 12.1 Å². The van der Waals surface area contributed by atoms with Gasteiger partial charge in [0.15, 0.2) is 0 Å². The summed E-state index contributed by atoms with van der Waals surface area (Å²) in [6, 6.07) is 7.30. The highest BCUT2D eigenvalue weighted by Crippen LogP contribution is 2.28. The van der Waals surface area contributed by atoms with Crippen molar-refractivity contribution in [2.75, 3.05) is 0 Å². The summed E-state index contributed by atoms with van der Waals surface area (Å²) in [5.74, 6) is 10.4. The number of fused-ring (bicyclic) bond motifs is 1. The van der Waals surface area contributed by atoms with Crippen LogP contribution in [0.25, 0.3) is 10.8 Å². The molecule has 0 aliphatic carbocycles. The smallest absolute Gasteiger partial charge is 0.0478 e. The van der Waals surface area contributed by atoms with Crippen molar-refractivity contribution in [2.24, 2.45) is 0 Å². The molecule has 80 valence electrons. The summed E-state index contributed by atoms with van der Waals surface area (Å²) in [5.41, 5.74) is 2.67. The second-order valence-electron chi connectivity index (χ2n) is 3.65. The molecule has 0 spiro atoms. The predicted octanol–water partition coefficient (Wildman–Crippen LogP) is 2.77. The lowest BCUT2D eigenvalue weighted by Gasteiger charge is -2.09. The Kier molecular flexibility index (Phi) is 2.82. The van der Waals surface area contributed by atoms with E-state index < -0.39 is 0 Å². The first-order chi connectivity index (χ1) is 8.76. The third-order valence-electron chi connectivity index (χ3n) is 2.77. The van der Waals surface area contributed by atoms with E-state index in [0.29, 0.717) is 16.7 Å². The van der Waals surface area contributed by atoms with Crippen LogP contribution in [-0.4, -0.2) is 0 Å². The molecule has 0 saturated heterocycles. The molecule has 2 aromatic carbocycles. The SMILES string of the molecule is C#Cc1cc(C#C)c2c(C#C)cccc2c1C#C. The van der Waals surface area contributed by atoms with Crippen LogP contribution in [0.1, 0.15) is 22.3 Å². The van der Waals surface area contributed by atoms with E-state index in [4.69, 9.17) is 25.7 Å². The lowest BCUT2D eigenvalue weighted by atomic mass is 9.92. The Morgan fingerprint density at radius 1 is 0.722 bits per heavy atom. The zero-order valence-corrected chi connectivity index (χ0v) is 9.62. The summed E-state index contributed by atoms with van der Waals surface area (Å²) in [4.78, 5) is 0. The molecule has 0 nitrogen and oxygen atoms in total. The molecule has 0 atom stereocenters. The van der Waals surface area contributed by atoms with E-state index >= 15 is 0 Å². The summed E-state index contributed by atoms with van der Waals surface area (Å²) in [6.45, 7) is 0. The Bertz CT molecular complexity index is 807. The molecule has 0 bridgehead atoms. The van der Waals surface area contributed by atoms with Crippen LogP contribution in [0.3, 0.4) is 0 Å². The van der Waals surface area contributed by atoms with Crippen molar-refractivity contribution in [1.82, 2.24) is 0 Å². The van der Waals surface area contributed by atoms with Crippen LogP contribution in [0.4, 0.5) is 0 Å². The van der Waals surface area contributed by atoms with Crippen molar-refractivity contribution in [1.29, 1.82) is 0 Å². The van der Waals surface area contributed by atoms with E-state index in [9.17, 15) is 0 Å². The Labute approximate surface area is 107 Å². The third-order valence-corrected chi connectivity index (χ3v) is 2.77. The van der Waals surface area contributed by atoms with Crippen molar-refractivity contribution >= 4 is 10.8 Å². The molecule has 0 fully saturated rings. The highest BCUT2D eigenvalue weighted by Gasteiger charge is 2.10. The van der Waals surface area contributed by atoms with E-state index in [-0.39, 0.29) is 0 Å². The maximum atomic E-state index is 5.53. The first-order valence-corrected chi connectivity index (χ1v) is 5.23. The summed E-state index contributed by atoms with van der Waals surface area (Å²) < 4.78 is 0. The second kappa shape index (κ2) is 4.44. The standard InChI is InChI=1S/C18H8/c1-5-13-10-9-11-17-16(8-4)14(6-2)12-15(7-3)18(13)17/h1-4,9-12H. The van der Waals surface area contributed by atoms with Gasteiger partial charge >= 0.3 is 0 Å². The Morgan fingerprint density at radius 3 is 1.94 bits per heavy atom. The maximum absolute atomic E-state index is 5.53. The molecule has 0 aliphatic rings. The summed E-state index contributed by atoms with van der Waals surface area (Å²) in [7, 11) is 0. The van der Waals surface area contributed by atoms with Crippen LogP contribution in [0.5, 0.6) is 0 Å². The van der Waals surface area contributed by atoms with E-state index in [1.165, 1.54) is 0 Å². The topological polar surface area (TPSA) is 0 Å². The van der Waals surface area contributed by atoms with Gasteiger partial charge in [-0.1, -0.05) is 35.8 Å². The third kappa shape index (κ3) is 1.51. The number of hydrogen-bond acceptors (Lipinski definition) is 0. The van der Waals surface area contributed by atoms with Crippen LogP contribution in [0.2, 0.25) is 0 Å². The Balaban J connectivity index is 3.14. The summed E-state index contributed by atoms with van der Waals surface area (Å²) in [6.07, 6.45) is 22.0. The average Bonchev–Trinajstić information content (AvgIpc) is 2.44. The number of hydrogen-bond donors (Lipinski definition) is 0. The van der Waals surface area contributed by atoms with Gasteiger partial charge in [0.1, 0.15) is 0 Å². The van der Waals surface area contributed by atoms with Gasteiger partial charge in [0.25, 0.3) is 0 Å². The monoisotopic (exact) mass is 224 g/mol. The molecule has 2 rings (SSSR count). The normalized spacial score (nSPS) is 8.89. The van der Waals surface area contributed by atoms with Gasteiger partial charge in [0, 0.05) is 33.0 Å². The van der Waals surface area contributed by atoms with Gasteiger partial charge in [-0.2, -0.15) is 0 Å². The van der Waals surface area contributed by atoms with Gasteiger partial charge in [-0.15, -0.1) is 25.7 Å². The molecule has 0 radical (unpaired) electrons. The van der Waals surface area contributed by atoms with Crippen molar-refractivity contribution < 1.29 is 0 Å². The van der Waals surface area contributed by atoms with Crippen LogP contribution < -0.4 is 0 Å². The minimum atomic E-state index is 0.618. The minimum Gasteiger partial charge on any atom is -0.115 e. The summed E-state index contributed by atoms with van der Waals surface area (Å²) >= 11 is 0. The fourth-order valence-corrected chi connectivity index (χ4v) is 1.99. The number of rotatable bonds is 0. The zero-order valence-electron chi connectivity index (χ0n) is 9.62. The van der Waals surface area contributed by atoms with Gasteiger partial charge in [0.2, 0.25) is 0 Å². The zero-order chi connectivity index (χ0) is 13.1. The molecule has 0 heteroatoms. The molecule has 0 N–H and O–H groups in total. The van der Waals surface area contributed by atoms with Crippen molar-refractivity contribution in [3.8, 4) is 49.4 Å². The number of terminal acetylenes is 4. The lowest BCUT2D eigenvalue weighted by molar-refractivity contribution is 1.60. The van der Waals surface area contributed by atoms with E-state index in [0.717, 1.165) is 16.3 Å². The predicted molar refractivity (Wildman–Crippen MR) is 75.7 cm³/mol. The molecule has 0 saturated carbocycles. The van der Waals surface area contributed by atoms with Crippen LogP contribution >= 0.6 is 0 Å². The quantitative estimate of drug-likeness (QED) is 0.604. The van der Waals surface area contributed by atoms with Crippen LogP contribution in [-0.2, 0) is 0 Å². The van der Waals surface area contributed by atoms with Crippen LogP contribution in [0, 0.1) is 49.4 Å². The Morgan fingerprint density at radius 2 is 1.39 bits per heavy atom. The summed E-state index contributed by atoms with van der Waals surface area (Å²) in [5, 5.41) is 1.64. The highest BCUT2D eigenvalue weighted by atomic mass is 14.1. The van der Waals surface area contributed by atoms with E-state index in [1.54, 1.807) is 6.07 Å². The molecule has 0 heterocycles. The van der Waals surface area contributed by atoms with Crippen LogP contribution in [0.15, 0.2) is 24.3 Å². The fraction of sp³-hybridized carbons (Fsp3) is 0. The van der Waals surface area contributed by atoms with Gasteiger partial charge < -0.3 is 0 Å². The van der Waals surface area contributed by atoms with Crippen molar-refractivity contribution in [2.45, 2.75) is 0 Å². The fourth-order valence-electron chi connectivity index (χ4n) is 1.99. The van der Waals surface area contributed by atoms with E-state index in [1.807, 2.05) is 18.2 Å². The molecule has 0 aliphatic heterocycles. The molecular weight excluding hydrogens is 216 g/mol. The average molecular weight is 224 g/mol. The molecule has 0 amide bonds. The molecular formula is C18H8. The van der Waals surface area contributed by atoms with Gasteiger partial charge in [0.05, 0.1) is 0 Å². The van der Waals surface area contributed by atoms with Gasteiger partial charge in [-0.3, -0.25) is 0 Å². The molecule has 2 aromatic rings. The molecule has 0 aromatic heterocycles. The first kappa shape index (κ1) is 11.4. The minimum absolute atomic E-state index is 0.618. The highest BCUT2D eigenvalue weighted by molar-refractivity contribution is 5.98. The van der Waals surface area contributed by atoms with Crippen molar-refractivity contribution in [3.63, 3.8) is 0 Å². The molecule has 0 unspecified atom stereocenters. The van der Waals surface area contributed by atoms with Gasteiger partial charge in [-0.25, -0.2) is 0 Å². The first-order valence-electron chi connectivity index (χ1n) is 5.23. The Hall–Kier alpha value is -3.06. The van der Waals surface area contributed by atoms with Crippen molar-refractivity contribution in [3.05, 3.63) is 46.5 Å². The second-order valence-corrected chi connectivity index (χ2v) is 3.65.